The van der Waals surface area contributed by atoms with Crippen molar-refractivity contribution in [2.45, 2.75) is 104 Å². The zero-order valence-corrected chi connectivity index (χ0v) is 22.6. The first-order valence-corrected chi connectivity index (χ1v) is 16.4. The van der Waals surface area contributed by atoms with Crippen molar-refractivity contribution in [2.75, 3.05) is 13.2 Å². The van der Waals surface area contributed by atoms with Gasteiger partial charge in [0.1, 0.15) is 0 Å². The SMILES string of the molecule is CCOC(=O)C=C[C@@H](C)[C@H](CCO[Si](C)(C)C(C)(C)C)O[Si](C)(C)C(C)(C)C. The highest BCUT2D eigenvalue weighted by molar-refractivity contribution is 6.74. The molecule has 0 saturated carbocycles. The summed E-state index contributed by atoms with van der Waals surface area (Å²) in [6.07, 6.45) is 4.30. The van der Waals surface area contributed by atoms with E-state index in [1.165, 1.54) is 6.08 Å². The van der Waals surface area contributed by atoms with E-state index in [1.54, 1.807) is 0 Å². The zero-order chi connectivity index (χ0) is 22.4. The quantitative estimate of drug-likeness (QED) is 0.224. The van der Waals surface area contributed by atoms with Gasteiger partial charge in [0.25, 0.3) is 0 Å². The van der Waals surface area contributed by atoms with Crippen LogP contribution in [0.25, 0.3) is 0 Å². The van der Waals surface area contributed by atoms with Crippen LogP contribution < -0.4 is 0 Å². The number of rotatable bonds is 10. The molecule has 0 saturated heterocycles. The normalized spacial score (nSPS) is 16.3. The van der Waals surface area contributed by atoms with Gasteiger partial charge in [-0.25, -0.2) is 4.79 Å². The van der Waals surface area contributed by atoms with E-state index in [0.717, 1.165) is 6.42 Å². The summed E-state index contributed by atoms with van der Waals surface area (Å²) >= 11 is 0. The number of carbonyl (C=O) groups is 1. The predicted molar refractivity (Wildman–Crippen MR) is 125 cm³/mol. The Morgan fingerprint density at radius 3 is 1.89 bits per heavy atom. The molecule has 6 heteroatoms. The van der Waals surface area contributed by atoms with Gasteiger partial charge >= 0.3 is 5.97 Å². The summed E-state index contributed by atoms with van der Waals surface area (Å²) in [5.74, 6) is -0.181. The Kier molecular flexibility index (Phi) is 10.4. The number of ether oxygens (including phenoxy) is 1. The van der Waals surface area contributed by atoms with Crippen LogP contribution in [0, 0.1) is 5.92 Å². The molecule has 0 fully saturated rings. The molecule has 28 heavy (non-hydrogen) atoms. The standard InChI is InChI=1S/C22H46O4Si2/c1-13-24-20(23)15-14-18(2)19(26-28(11,12)22(6,7)8)16-17-25-27(9,10)21(3,4)5/h14-15,18-19H,13,16-17H2,1-12H3/t18-,19+/m1/s1. The van der Waals surface area contributed by atoms with Crippen LogP contribution in [-0.2, 0) is 18.4 Å². The van der Waals surface area contributed by atoms with Gasteiger partial charge in [0.2, 0.25) is 0 Å². The molecule has 0 bridgehead atoms. The second kappa shape index (κ2) is 10.6. The Balaban J connectivity index is 5.26. The second-order valence-corrected chi connectivity index (χ2v) is 20.3. The Bertz CT molecular complexity index is 514. The fourth-order valence-corrected chi connectivity index (χ4v) is 4.68. The smallest absolute Gasteiger partial charge is 0.330 e. The summed E-state index contributed by atoms with van der Waals surface area (Å²) < 4.78 is 18.1. The average molecular weight is 431 g/mol. The van der Waals surface area contributed by atoms with Gasteiger partial charge in [-0.1, -0.05) is 54.5 Å². The van der Waals surface area contributed by atoms with E-state index < -0.39 is 16.6 Å². The van der Waals surface area contributed by atoms with Crippen LogP contribution in [0.2, 0.25) is 36.3 Å². The molecule has 0 radical (unpaired) electrons. The van der Waals surface area contributed by atoms with Gasteiger partial charge in [0.05, 0.1) is 12.7 Å². The molecular weight excluding hydrogens is 384 g/mol. The molecule has 0 heterocycles. The largest absolute Gasteiger partial charge is 0.463 e. The van der Waals surface area contributed by atoms with E-state index in [1.807, 2.05) is 13.0 Å². The average Bonchev–Trinajstić information content (AvgIpc) is 2.49. The molecule has 0 aliphatic carbocycles. The monoisotopic (exact) mass is 430 g/mol. The number of esters is 1. The van der Waals surface area contributed by atoms with Crippen molar-refractivity contribution in [3.63, 3.8) is 0 Å². The van der Waals surface area contributed by atoms with E-state index in [0.29, 0.717) is 13.2 Å². The molecule has 0 aromatic carbocycles. The minimum absolute atomic E-state index is 0.0244. The van der Waals surface area contributed by atoms with Gasteiger partial charge in [0, 0.05) is 12.7 Å². The van der Waals surface area contributed by atoms with E-state index >= 15 is 0 Å². The third-order valence-corrected chi connectivity index (χ3v) is 15.4. The van der Waals surface area contributed by atoms with E-state index in [4.69, 9.17) is 13.6 Å². The van der Waals surface area contributed by atoms with Crippen LogP contribution in [0.3, 0.4) is 0 Å². The zero-order valence-electron chi connectivity index (χ0n) is 20.6. The minimum atomic E-state index is -1.93. The van der Waals surface area contributed by atoms with Gasteiger partial charge in [-0.2, -0.15) is 0 Å². The van der Waals surface area contributed by atoms with Crippen LogP contribution in [0.5, 0.6) is 0 Å². The maximum absolute atomic E-state index is 11.7. The summed E-state index contributed by atoms with van der Waals surface area (Å²) in [6.45, 7) is 27.6. The van der Waals surface area contributed by atoms with Crippen molar-refractivity contribution in [1.29, 1.82) is 0 Å². The summed E-state index contributed by atoms with van der Waals surface area (Å²) in [6, 6.07) is 0. The molecule has 0 aliphatic rings. The maximum Gasteiger partial charge on any atom is 0.330 e. The topological polar surface area (TPSA) is 44.8 Å². The molecule has 0 amide bonds. The lowest BCUT2D eigenvalue weighted by Crippen LogP contribution is -2.46. The first-order valence-electron chi connectivity index (χ1n) is 10.6. The second-order valence-electron chi connectivity index (χ2n) is 10.8. The van der Waals surface area contributed by atoms with Crippen molar-refractivity contribution in [3.05, 3.63) is 12.2 Å². The lowest BCUT2D eigenvalue weighted by Gasteiger charge is -2.41. The fraction of sp³-hybridized carbons (Fsp3) is 0.864. The Hall–Kier alpha value is -0.436. The molecule has 0 spiro atoms. The van der Waals surface area contributed by atoms with Gasteiger partial charge in [-0.05, 0) is 55.5 Å². The number of hydrogen-bond donors (Lipinski definition) is 0. The van der Waals surface area contributed by atoms with Gasteiger partial charge in [-0.3, -0.25) is 0 Å². The third-order valence-electron chi connectivity index (χ3n) is 6.33. The lowest BCUT2D eigenvalue weighted by molar-refractivity contribution is -0.137. The molecule has 0 N–H and O–H groups in total. The van der Waals surface area contributed by atoms with Crippen LogP contribution in [-0.4, -0.2) is 41.9 Å². The number of carbonyl (C=O) groups excluding carboxylic acids is 1. The van der Waals surface area contributed by atoms with Crippen LogP contribution in [0.15, 0.2) is 12.2 Å². The molecule has 2 atom stereocenters. The molecule has 0 unspecified atom stereocenters. The molecule has 0 aromatic heterocycles. The first-order chi connectivity index (χ1) is 12.4. The Morgan fingerprint density at radius 1 is 0.964 bits per heavy atom. The molecule has 0 aromatic rings. The van der Waals surface area contributed by atoms with Gasteiger partial charge < -0.3 is 13.6 Å². The fourth-order valence-electron chi connectivity index (χ4n) is 2.18. The predicted octanol–water partition coefficient (Wildman–Crippen LogP) is 6.54. The first kappa shape index (κ1) is 27.6. The van der Waals surface area contributed by atoms with Gasteiger partial charge in [-0.15, -0.1) is 0 Å². The molecule has 4 nitrogen and oxygen atoms in total. The number of hydrogen-bond acceptors (Lipinski definition) is 4. The van der Waals surface area contributed by atoms with Gasteiger partial charge in [0.15, 0.2) is 16.6 Å². The summed E-state index contributed by atoms with van der Waals surface area (Å²) in [7, 11) is -3.71. The lowest BCUT2D eigenvalue weighted by atomic mass is 10.0. The summed E-state index contributed by atoms with van der Waals surface area (Å²) in [5.41, 5.74) is 0. The van der Waals surface area contributed by atoms with Crippen molar-refractivity contribution in [2.24, 2.45) is 5.92 Å². The summed E-state index contributed by atoms with van der Waals surface area (Å²) in [5, 5.41) is 0.328. The molecule has 0 aliphatic heterocycles. The Labute approximate surface area is 176 Å². The van der Waals surface area contributed by atoms with Crippen molar-refractivity contribution in [1.82, 2.24) is 0 Å². The molecular formula is C22H46O4Si2. The van der Waals surface area contributed by atoms with E-state index in [2.05, 4.69) is 74.7 Å². The molecule has 0 rings (SSSR count). The van der Waals surface area contributed by atoms with E-state index in [9.17, 15) is 4.79 Å². The minimum Gasteiger partial charge on any atom is -0.463 e. The van der Waals surface area contributed by atoms with Crippen LogP contribution >= 0.6 is 0 Å². The van der Waals surface area contributed by atoms with Crippen molar-refractivity contribution < 1.29 is 18.4 Å². The maximum atomic E-state index is 11.7. The molecule has 166 valence electrons. The van der Waals surface area contributed by atoms with Crippen molar-refractivity contribution in [3.8, 4) is 0 Å². The van der Waals surface area contributed by atoms with Crippen molar-refractivity contribution >= 4 is 22.6 Å². The van der Waals surface area contributed by atoms with E-state index in [-0.39, 0.29) is 28.1 Å². The highest BCUT2D eigenvalue weighted by Crippen LogP contribution is 2.39. The summed E-state index contributed by atoms with van der Waals surface area (Å²) in [4.78, 5) is 11.7. The van der Waals surface area contributed by atoms with Crippen LogP contribution in [0.1, 0.15) is 61.8 Å². The highest BCUT2D eigenvalue weighted by atomic mass is 28.4. The van der Waals surface area contributed by atoms with Crippen LogP contribution in [0.4, 0.5) is 0 Å². The highest BCUT2D eigenvalue weighted by Gasteiger charge is 2.41. The third kappa shape index (κ3) is 8.93. The Morgan fingerprint density at radius 2 is 1.46 bits per heavy atom.